The summed E-state index contributed by atoms with van der Waals surface area (Å²) in [4.78, 5) is 16.7. The van der Waals surface area contributed by atoms with E-state index >= 15 is 0 Å². The van der Waals surface area contributed by atoms with Crippen LogP contribution in [0.3, 0.4) is 0 Å². The van der Waals surface area contributed by atoms with Gasteiger partial charge in [-0.1, -0.05) is 39.8 Å². The van der Waals surface area contributed by atoms with E-state index in [0.717, 1.165) is 32.8 Å². The number of nitrogens with one attached hydrogen (secondary N) is 1. The van der Waals surface area contributed by atoms with Crippen molar-refractivity contribution in [2.45, 2.75) is 18.6 Å². The summed E-state index contributed by atoms with van der Waals surface area (Å²) < 4.78 is 8.29. The molecule has 8 heteroatoms. The monoisotopic (exact) mass is 446 g/mol. The molecule has 0 saturated carbocycles. The Morgan fingerprint density at radius 2 is 2.19 bits per heavy atom. The molecule has 140 valence electrons. The second-order valence-electron chi connectivity index (χ2n) is 5.60. The van der Waals surface area contributed by atoms with Crippen molar-refractivity contribution < 1.29 is 9.53 Å². The molecule has 0 atom stereocenters. The number of nitrogens with zero attached hydrogens (tertiary/aromatic N) is 3. The third-order valence-electron chi connectivity index (χ3n) is 3.85. The lowest BCUT2D eigenvalue weighted by atomic mass is 10.2. The number of rotatable bonds is 7. The average Bonchev–Trinajstić information content (AvgIpc) is 3.04. The summed E-state index contributed by atoms with van der Waals surface area (Å²) in [5.41, 5.74) is 5.32. The van der Waals surface area contributed by atoms with Gasteiger partial charge in [-0.2, -0.15) is 5.10 Å². The fraction of sp³-hybridized carbons (Fsp3) is 0.211. The number of hydrazone groups is 1. The number of carbonyl (C=O) groups excluding carboxylic acids is 1. The van der Waals surface area contributed by atoms with Crippen molar-refractivity contribution >= 4 is 50.8 Å². The Balaban J connectivity index is 1.61. The zero-order valence-corrected chi connectivity index (χ0v) is 17.4. The van der Waals surface area contributed by atoms with Crippen LogP contribution in [0.25, 0.3) is 11.0 Å². The molecule has 1 heterocycles. The van der Waals surface area contributed by atoms with Crippen LogP contribution in [0.15, 0.2) is 57.2 Å². The third kappa shape index (κ3) is 4.70. The van der Waals surface area contributed by atoms with Gasteiger partial charge in [-0.05, 0) is 37.3 Å². The van der Waals surface area contributed by atoms with Crippen molar-refractivity contribution in [3.63, 3.8) is 0 Å². The van der Waals surface area contributed by atoms with E-state index in [9.17, 15) is 4.79 Å². The summed E-state index contributed by atoms with van der Waals surface area (Å²) in [7, 11) is 1.59. The minimum Gasteiger partial charge on any atom is -0.496 e. The average molecular weight is 447 g/mol. The second kappa shape index (κ2) is 9.05. The molecule has 0 saturated heterocycles. The first-order chi connectivity index (χ1) is 13.1. The maximum atomic E-state index is 12.1. The van der Waals surface area contributed by atoms with E-state index in [-0.39, 0.29) is 11.7 Å². The van der Waals surface area contributed by atoms with Crippen molar-refractivity contribution in [2.75, 3.05) is 12.9 Å². The molecule has 1 aromatic heterocycles. The normalized spacial score (nSPS) is 11.2. The Labute approximate surface area is 170 Å². The number of methoxy groups -OCH3 is 1. The largest absolute Gasteiger partial charge is 0.496 e. The first kappa shape index (κ1) is 19.4. The standard InChI is InChI=1S/C19H19BrN4O2S/c1-3-24-16-7-5-4-6-15(16)22-19(24)27-12-18(25)23-21-11-13-10-14(20)8-9-17(13)26-2/h4-11H,3,12H2,1-2H3,(H,23,25)/b21-11+. The molecule has 0 unspecified atom stereocenters. The van der Waals surface area contributed by atoms with E-state index in [1.165, 1.54) is 11.8 Å². The molecule has 1 amide bonds. The lowest BCUT2D eigenvalue weighted by Gasteiger charge is -2.05. The van der Waals surface area contributed by atoms with Crippen molar-refractivity contribution in [3.8, 4) is 5.75 Å². The number of hydrogen-bond donors (Lipinski definition) is 1. The van der Waals surface area contributed by atoms with E-state index in [1.807, 2.05) is 42.5 Å². The van der Waals surface area contributed by atoms with Gasteiger partial charge >= 0.3 is 0 Å². The predicted octanol–water partition coefficient (Wildman–Crippen LogP) is 4.07. The van der Waals surface area contributed by atoms with Crippen LogP contribution in [0.4, 0.5) is 0 Å². The molecule has 0 fully saturated rings. The fourth-order valence-electron chi connectivity index (χ4n) is 2.61. The van der Waals surface area contributed by atoms with Crippen LogP contribution >= 0.6 is 27.7 Å². The van der Waals surface area contributed by atoms with E-state index in [1.54, 1.807) is 13.3 Å². The highest BCUT2D eigenvalue weighted by Crippen LogP contribution is 2.24. The van der Waals surface area contributed by atoms with Crippen molar-refractivity contribution in [1.29, 1.82) is 0 Å². The number of halogens is 1. The molecular weight excluding hydrogens is 428 g/mol. The van der Waals surface area contributed by atoms with Crippen LogP contribution < -0.4 is 10.2 Å². The first-order valence-electron chi connectivity index (χ1n) is 8.36. The summed E-state index contributed by atoms with van der Waals surface area (Å²) in [6.45, 7) is 2.86. The molecule has 27 heavy (non-hydrogen) atoms. The molecule has 0 aliphatic heterocycles. The van der Waals surface area contributed by atoms with Gasteiger partial charge in [0.05, 0.1) is 30.1 Å². The van der Waals surface area contributed by atoms with Crippen molar-refractivity contribution in [3.05, 3.63) is 52.5 Å². The highest BCUT2D eigenvalue weighted by atomic mass is 79.9. The Hall–Kier alpha value is -2.32. The number of fused-ring (bicyclic) bond motifs is 1. The Morgan fingerprint density at radius 1 is 1.37 bits per heavy atom. The molecule has 3 aromatic rings. The van der Waals surface area contributed by atoms with Crippen LogP contribution in [0.5, 0.6) is 5.75 Å². The van der Waals surface area contributed by atoms with Crippen LogP contribution in [0.1, 0.15) is 12.5 Å². The minimum absolute atomic E-state index is 0.195. The molecule has 1 N–H and O–H groups in total. The SMILES string of the molecule is CCn1c(SCC(=O)N/N=C/c2cc(Br)ccc2OC)nc2ccccc21. The quantitative estimate of drug-likeness (QED) is 0.337. The molecular formula is C19H19BrN4O2S. The van der Waals surface area contributed by atoms with Gasteiger partial charge in [0.1, 0.15) is 5.75 Å². The molecule has 0 radical (unpaired) electrons. The lowest BCUT2D eigenvalue weighted by molar-refractivity contribution is -0.118. The Morgan fingerprint density at radius 3 is 2.96 bits per heavy atom. The van der Waals surface area contributed by atoms with Gasteiger partial charge in [-0.15, -0.1) is 0 Å². The smallest absolute Gasteiger partial charge is 0.250 e. The molecule has 0 spiro atoms. The number of carbonyl (C=O) groups is 1. The molecule has 0 bridgehead atoms. The van der Waals surface area contributed by atoms with Gasteiger partial charge in [0, 0.05) is 16.6 Å². The molecule has 0 aliphatic carbocycles. The summed E-state index contributed by atoms with van der Waals surface area (Å²) in [5, 5.41) is 4.85. The van der Waals surface area contributed by atoms with Gasteiger partial charge in [0.15, 0.2) is 5.16 Å². The number of amides is 1. The number of thioether (sulfide) groups is 1. The van der Waals surface area contributed by atoms with Gasteiger partial charge in [0.25, 0.3) is 5.91 Å². The number of hydrogen-bond acceptors (Lipinski definition) is 5. The molecule has 3 rings (SSSR count). The van der Waals surface area contributed by atoms with Crippen LogP contribution in [0.2, 0.25) is 0 Å². The van der Waals surface area contributed by atoms with Crippen LogP contribution in [-0.2, 0) is 11.3 Å². The zero-order valence-electron chi connectivity index (χ0n) is 15.0. The van der Waals surface area contributed by atoms with Gasteiger partial charge < -0.3 is 9.30 Å². The second-order valence-corrected chi connectivity index (χ2v) is 7.45. The number of aromatic nitrogens is 2. The van der Waals surface area contributed by atoms with Gasteiger partial charge in [-0.25, -0.2) is 10.4 Å². The van der Waals surface area contributed by atoms with E-state index < -0.39 is 0 Å². The van der Waals surface area contributed by atoms with E-state index in [2.05, 4.69) is 42.9 Å². The molecule has 0 aliphatic rings. The van der Waals surface area contributed by atoms with E-state index in [4.69, 9.17) is 4.74 Å². The van der Waals surface area contributed by atoms with Crippen LogP contribution in [0, 0.1) is 0 Å². The van der Waals surface area contributed by atoms with Crippen LogP contribution in [-0.4, -0.2) is 34.5 Å². The third-order valence-corrected chi connectivity index (χ3v) is 5.32. The predicted molar refractivity (Wildman–Crippen MR) is 113 cm³/mol. The van der Waals surface area contributed by atoms with Gasteiger partial charge in [0.2, 0.25) is 0 Å². The fourth-order valence-corrected chi connectivity index (χ4v) is 3.86. The number of aryl methyl sites for hydroxylation is 1. The van der Waals surface area contributed by atoms with Crippen molar-refractivity contribution in [1.82, 2.24) is 15.0 Å². The van der Waals surface area contributed by atoms with Gasteiger partial charge in [-0.3, -0.25) is 4.79 Å². The maximum Gasteiger partial charge on any atom is 0.250 e. The minimum atomic E-state index is -0.195. The zero-order chi connectivity index (χ0) is 19.2. The number of para-hydroxylation sites is 2. The summed E-state index contributed by atoms with van der Waals surface area (Å²) in [6.07, 6.45) is 1.56. The summed E-state index contributed by atoms with van der Waals surface area (Å²) in [6, 6.07) is 13.5. The Bertz CT molecular complexity index is 987. The first-order valence-corrected chi connectivity index (χ1v) is 10.1. The number of imidazole rings is 1. The highest BCUT2D eigenvalue weighted by Gasteiger charge is 2.11. The molecule has 6 nitrogen and oxygen atoms in total. The number of ether oxygens (including phenoxy) is 1. The number of benzene rings is 2. The summed E-state index contributed by atoms with van der Waals surface area (Å²) >= 11 is 4.80. The lowest BCUT2D eigenvalue weighted by Crippen LogP contribution is -2.20. The highest BCUT2D eigenvalue weighted by molar-refractivity contribution is 9.10. The Kier molecular flexibility index (Phi) is 6.52. The van der Waals surface area contributed by atoms with Crippen molar-refractivity contribution in [2.24, 2.45) is 5.10 Å². The molecule has 2 aromatic carbocycles. The topological polar surface area (TPSA) is 68.5 Å². The maximum absolute atomic E-state index is 12.1. The van der Waals surface area contributed by atoms with E-state index in [0.29, 0.717) is 5.75 Å². The summed E-state index contributed by atoms with van der Waals surface area (Å²) in [5.74, 6) is 0.721.